The van der Waals surface area contributed by atoms with E-state index in [1.54, 1.807) is 12.1 Å². The second-order valence-electron chi connectivity index (χ2n) is 4.39. The summed E-state index contributed by atoms with van der Waals surface area (Å²) in [5.74, 6) is 0.596. The van der Waals surface area contributed by atoms with Crippen LogP contribution in [0.5, 0.6) is 5.75 Å². The number of benzene rings is 1. The molecule has 1 aliphatic rings. The van der Waals surface area contributed by atoms with Crippen LogP contribution in [-0.4, -0.2) is 43.4 Å². The summed E-state index contributed by atoms with van der Waals surface area (Å²) in [4.78, 5) is 11.5. The monoisotopic (exact) mass is 250 g/mol. The van der Waals surface area contributed by atoms with Crippen molar-refractivity contribution >= 4 is 5.91 Å². The Hall–Kier alpha value is -1.59. The van der Waals surface area contributed by atoms with Gasteiger partial charge in [0.15, 0.2) is 6.61 Å². The third-order valence-electron chi connectivity index (χ3n) is 2.98. The van der Waals surface area contributed by atoms with Crippen molar-refractivity contribution in [1.29, 1.82) is 0 Å². The summed E-state index contributed by atoms with van der Waals surface area (Å²) in [6, 6.07) is 9.21. The van der Waals surface area contributed by atoms with Gasteiger partial charge in [0.05, 0.1) is 6.10 Å². The van der Waals surface area contributed by atoms with Crippen LogP contribution in [-0.2, 0) is 4.79 Å². The first-order valence-electron chi connectivity index (χ1n) is 6.09. The number of hydrogen-bond donors (Lipinski definition) is 3. The van der Waals surface area contributed by atoms with Gasteiger partial charge in [0.1, 0.15) is 5.75 Å². The number of nitrogens with one attached hydrogen (secondary N) is 2. The molecule has 98 valence electrons. The van der Waals surface area contributed by atoms with E-state index in [4.69, 9.17) is 4.74 Å². The number of aliphatic hydroxyl groups excluding tert-OH is 1. The van der Waals surface area contributed by atoms with E-state index in [-0.39, 0.29) is 24.5 Å². The summed E-state index contributed by atoms with van der Waals surface area (Å²) in [5, 5.41) is 15.4. The zero-order valence-electron chi connectivity index (χ0n) is 10.1. The van der Waals surface area contributed by atoms with E-state index >= 15 is 0 Å². The van der Waals surface area contributed by atoms with Crippen molar-refractivity contribution in [2.75, 3.05) is 26.2 Å². The third kappa shape index (κ3) is 3.72. The van der Waals surface area contributed by atoms with E-state index in [0.29, 0.717) is 18.8 Å². The van der Waals surface area contributed by atoms with E-state index < -0.39 is 0 Å². The second-order valence-corrected chi connectivity index (χ2v) is 4.39. The van der Waals surface area contributed by atoms with Crippen molar-refractivity contribution in [3.8, 4) is 5.75 Å². The lowest BCUT2D eigenvalue weighted by molar-refractivity contribution is -0.123. The lowest BCUT2D eigenvalue weighted by atomic mass is 10.1. The van der Waals surface area contributed by atoms with Crippen LogP contribution in [0.4, 0.5) is 0 Å². The summed E-state index contributed by atoms with van der Waals surface area (Å²) >= 11 is 0. The van der Waals surface area contributed by atoms with Gasteiger partial charge in [-0.3, -0.25) is 4.79 Å². The molecule has 2 atom stereocenters. The molecule has 2 rings (SSSR count). The summed E-state index contributed by atoms with van der Waals surface area (Å²) in [7, 11) is 0. The highest BCUT2D eigenvalue weighted by molar-refractivity contribution is 5.77. The van der Waals surface area contributed by atoms with Crippen LogP contribution in [0.2, 0.25) is 0 Å². The third-order valence-corrected chi connectivity index (χ3v) is 2.98. The van der Waals surface area contributed by atoms with Crippen LogP contribution < -0.4 is 15.4 Å². The zero-order valence-corrected chi connectivity index (χ0v) is 10.1. The molecule has 1 aromatic carbocycles. The number of amides is 1. The Morgan fingerprint density at radius 2 is 2.17 bits per heavy atom. The average molecular weight is 250 g/mol. The Morgan fingerprint density at radius 1 is 1.39 bits per heavy atom. The van der Waals surface area contributed by atoms with E-state index in [0.717, 1.165) is 6.54 Å². The minimum atomic E-state index is -0.375. The molecule has 0 radical (unpaired) electrons. The molecule has 5 heteroatoms. The molecule has 1 aromatic rings. The van der Waals surface area contributed by atoms with Crippen LogP contribution in [0.1, 0.15) is 0 Å². The van der Waals surface area contributed by atoms with Crippen molar-refractivity contribution < 1.29 is 14.6 Å². The van der Waals surface area contributed by atoms with Gasteiger partial charge in [-0.25, -0.2) is 0 Å². The molecule has 3 N–H and O–H groups in total. The molecule has 0 saturated carbocycles. The van der Waals surface area contributed by atoms with Gasteiger partial charge in [0.2, 0.25) is 0 Å². The number of para-hydroxylation sites is 1. The molecular formula is C13H18N2O3. The predicted molar refractivity (Wildman–Crippen MR) is 67.3 cm³/mol. The minimum absolute atomic E-state index is 0.000255. The molecule has 1 saturated heterocycles. The predicted octanol–water partition coefficient (Wildman–Crippen LogP) is -0.238. The Morgan fingerprint density at radius 3 is 2.83 bits per heavy atom. The van der Waals surface area contributed by atoms with Crippen molar-refractivity contribution in [1.82, 2.24) is 10.6 Å². The topological polar surface area (TPSA) is 70.6 Å². The number of carbonyl (C=O) groups is 1. The molecule has 5 nitrogen and oxygen atoms in total. The van der Waals surface area contributed by atoms with Gasteiger partial charge in [0.25, 0.3) is 5.91 Å². The second kappa shape index (κ2) is 6.37. The Labute approximate surface area is 106 Å². The number of rotatable bonds is 5. The van der Waals surface area contributed by atoms with Crippen LogP contribution in [0.15, 0.2) is 30.3 Å². The molecule has 1 amide bonds. The Balaban J connectivity index is 1.66. The first-order chi connectivity index (χ1) is 8.75. The van der Waals surface area contributed by atoms with Crippen molar-refractivity contribution in [3.05, 3.63) is 30.3 Å². The number of aliphatic hydroxyl groups is 1. The standard InChI is InChI=1S/C13H18N2O3/c16-12-8-14-6-10(12)7-15-13(17)9-18-11-4-2-1-3-5-11/h1-5,10,12,14,16H,6-9H2,(H,15,17). The molecule has 0 aliphatic carbocycles. The average Bonchev–Trinajstić information content (AvgIpc) is 2.81. The lowest BCUT2D eigenvalue weighted by Crippen LogP contribution is -2.36. The first kappa shape index (κ1) is 12.9. The van der Waals surface area contributed by atoms with Crippen LogP contribution in [0, 0.1) is 5.92 Å². The van der Waals surface area contributed by atoms with Crippen molar-refractivity contribution in [2.24, 2.45) is 5.92 Å². The molecule has 1 heterocycles. The molecule has 2 unspecified atom stereocenters. The highest BCUT2D eigenvalue weighted by Crippen LogP contribution is 2.08. The van der Waals surface area contributed by atoms with Gasteiger partial charge >= 0.3 is 0 Å². The van der Waals surface area contributed by atoms with E-state index in [1.165, 1.54) is 0 Å². The number of ether oxygens (including phenoxy) is 1. The van der Waals surface area contributed by atoms with E-state index in [2.05, 4.69) is 10.6 Å². The smallest absolute Gasteiger partial charge is 0.257 e. The Bertz CT molecular complexity index is 383. The summed E-state index contributed by atoms with van der Waals surface area (Å²) in [5.41, 5.74) is 0. The lowest BCUT2D eigenvalue weighted by Gasteiger charge is -2.14. The van der Waals surface area contributed by atoms with Crippen LogP contribution in [0.3, 0.4) is 0 Å². The molecule has 0 spiro atoms. The summed E-state index contributed by atoms with van der Waals surface area (Å²) in [6.45, 7) is 1.81. The SMILES string of the molecule is O=C(COc1ccccc1)NCC1CNCC1O. The van der Waals surface area contributed by atoms with Gasteiger partial charge in [-0.2, -0.15) is 0 Å². The highest BCUT2D eigenvalue weighted by Gasteiger charge is 2.24. The maximum Gasteiger partial charge on any atom is 0.257 e. The molecular weight excluding hydrogens is 232 g/mol. The quantitative estimate of drug-likeness (QED) is 0.674. The van der Waals surface area contributed by atoms with Crippen molar-refractivity contribution in [3.63, 3.8) is 0 Å². The normalized spacial score (nSPS) is 22.7. The van der Waals surface area contributed by atoms with Crippen LogP contribution >= 0.6 is 0 Å². The van der Waals surface area contributed by atoms with Gasteiger partial charge in [0, 0.05) is 25.6 Å². The van der Waals surface area contributed by atoms with E-state index in [9.17, 15) is 9.90 Å². The van der Waals surface area contributed by atoms with Crippen LogP contribution in [0.25, 0.3) is 0 Å². The molecule has 0 bridgehead atoms. The summed E-state index contributed by atoms with van der Waals surface area (Å²) in [6.07, 6.45) is -0.375. The zero-order chi connectivity index (χ0) is 12.8. The number of carbonyl (C=O) groups excluding carboxylic acids is 1. The minimum Gasteiger partial charge on any atom is -0.484 e. The largest absolute Gasteiger partial charge is 0.484 e. The van der Waals surface area contributed by atoms with Gasteiger partial charge in [-0.15, -0.1) is 0 Å². The fourth-order valence-corrected chi connectivity index (χ4v) is 1.89. The fourth-order valence-electron chi connectivity index (χ4n) is 1.89. The molecule has 1 aliphatic heterocycles. The van der Waals surface area contributed by atoms with Crippen molar-refractivity contribution in [2.45, 2.75) is 6.10 Å². The first-order valence-corrected chi connectivity index (χ1v) is 6.09. The highest BCUT2D eigenvalue weighted by atomic mass is 16.5. The molecule has 1 fully saturated rings. The molecule has 18 heavy (non-hydrogen) atoms. The number of β-amino-alcohol motifs (C(OH)–C–C–N with tert-alkyl or cyclic N) is 1. The fraction of sp³-hybridized carbons (Fsp3) is 0.462. The maximum atomic E-state index is 11.5. The van der Waals surface area contributed by atoms with Gasteiger partial charge < -0.3 is 20.5 Å². The maximum absolute atomic E-state index is 11.5. The summed E-state index contributed by atoms with van der Waals surface area (Å²) < 4.78 is 5.32. The Kier molecular flexibility index (Phi) is 4.55. The van der Waals surface area contributed by atoms with Gasteiger partial charge in [-0.05, 0) is 12.1 Å². The number of hydrogen-bond acceptors (Lipinski definition) is 4. The van der Waals surface area contributed by atoms with Gasteiger partial charge in [-0.1, -0.05) is 18.2 Å². The molecule has 0 aromatic heterocycles. The van der Waals surface area contributed by atoms with E-state index in [1.807, 2.05) is 18.2 Å².